The molecule has 0 radical (unpaired) electrons. The molecule has 0 saturated heterocycles. The van der Waals surface area contributed by atoms with Crippen LogP contribution in [0.15, 0.2) is 24.3 Å². The first kappa shape index (κ1) is 13.6. The summed E-state index contributed by atoms with van der Waals surface area (Å²) in [5.41, 5.74) is 1.84. The van der Waals surface area contributed by atoms with Gasteiger partial charge in [0.15, 0.2) is 0 Å². The van der Waals surface area contributed by atoms with Crippen LogP contribution < -0.4 is 0 Å². The average Bonchev–Trinajstić information content (AvgIpc) is 2.35. The molecule has 100 valence electrons. The summed E-state index contributed by atoms with van der Waals surface area (Å²) >= 11 is 0. The molecule has 0 spiro atoms. The number of rotatable bonds is 5. The lowest BCUT2D eigenvalue weighted by Gasteiger charge is -2.33. The van der Waals surface area contributed by atoms with Crippen molar-refractivity contribution in [3.8, 4) is 0 Å². The van der Waals surface area contributed by atoms with E-state index in [0.717, 1.165) is 12.0 Å². The van der Waals surface area contributed by atoms with E-state index in [1.54, 1.807) is 7.11 Å². The van der Waals surface area contributed by atoms with Gasteiger partial charge < -0.3 is 9.84 Å². The molecule has 2 nitrogen and oxygen atoms in total. The van der Waals surface area contributed by atoms with Crippen molar-refractivity contribution in [3.05, 3.63) is 35.4 Å². The minimum atomic E-state index is -0.562. The Morgan fingerprint density at radius 2 is 2.17 bits per heavy atom. The molecule has 1 saturated carbocycles. The molecule has 1 aliphatic carbocycles. The van der Waals surface area contributed by atoms with Crippen molar-refractivity contribution in [1.82, 2.24) is 0 Å². The summed E-state index contributed by atoms with van der Waals surface area (Å²) in [5, 5.41) is 10.5. The molecule has 0 heterocycles. The van der Waals surface area contributed by atoms with Crippen molar-refractivity contribution >= 4 is 0 Å². The van der Waals surface area contributed by atoms with Crippen LogP contribution in [0.4, 0.5) is 0 Å². The molecule has 0 aromatic heterocycles. The molecular weight excluding hydrogens is 224 g/mol. The van der Waals surface area contributed by atoms with E-state index in [4.69, 9.17) is 4.74 Å². The third kappa shape index (κ3) is 2.45. The molecule has 2 rings (SSSR count). The fraction of sp³-hybridized carbons (Fsp3) is 0.625. The number of benzene rings is 1. The maximum absolute atomic E-state index is 10.5. The third-order valence-electron chi connectivity index (χ3n) is 4.55. The molecule has 0 amide bonds. The quantitative estimate of drug-likeness (QED) is 0.858. The summed E-state index contributed by atoms with van der Waals surface area (Å²) in [6.45, 7) is 4.01. The Morgan fingerprint density at radius 3 is 2.67 bits per heavy atom. The molecule has 2 atom stereocenters. The van der Waals surface area contributed by atoms with Gasteiger partial charge in [0.25, 0.3) is 0 Å². The first-order chi connectivity index (χ1) is 8.60. The van der Waals surface area contributed by atoms with Gasteiger partial charge in [-0.15, -0.1) is 0 Å². The second-order valence-corrected chi connectivity index (χ2v) is 5.57. The summed E-state index contributed by atoms with van der Waals surface area (Å²) in [6, 6.07) is 8.38. The Morgan fingerprint density at radius 1 is 1.44 bits per heavy atom. The summed E-state index contributed by atoms with van der Waals surface area (Å²) < 4.78 is 5.49. The van der Waals surface area contributed by atoms with E-state index in [1.807, 2.05) is 19.9 Å². The van der Waals surface area contributed by atoms with Crippen LogP contribution >= 0.6 is 0 Å². The van der Waals surface area contributed by atoms with Crippen molar-refractivity contribution in [3.63, 3.8) is 0 Å². The lowest BCUT2D eigenvalue weighted by atomic mass is 9.79. The number of methoxy groups -OCH3 is 1. The van der Waals surface area contributed by atoms with Crippen LogP contribution in [0.3, 0.4) is 0 Å². The molecule has 0 bridgehead atoms. The molecule has 1 aliphatic rings. The number of hydrogen-bond donors (Lipinski definition) is 1. The van der Waals surface area contributed by atoms with Gasteiger partial charge in [-0.2, -0.15) is 0 Å². The zero-order chi connectivity index (χ0) is 13.2. The fourth-order valence-electron chi connectivity index (χ4n) is 2.53. The average molecular weight is 248 g/mol. The highest BCUT2D eigenvalue weighted by atomic mass is 16.5. The highest BCUT2D eigenvalue weighted by Crippen LogP contribution is 2.38. The molecule has 1 aromatic rings. The highest BCUT2D eigenvalue weighted by molar-refractivity contribution is 5.30. The van der Waals surface area contributed by atoms with Crippen LogP contribution in [-0.2, 0) is 4.74 Å². The first-order valence-electron chi connectivity index (χ1n) is 6.94. The summed E-state index contributed by atoms with van der Waals surface area (Å²) in [6.07, 6.45) is 4.14. The highest BCUT2D eigenvalue weighted by Gasteiger charge is 2.32. The van der Waals surface area contributed by atoms with Gasteiger partial charge in [0.1, 0.15) is 6.10 Å². The predicted molar refractivity (Wildman–Crippen MR) is 73.7 cm³/mol. The topological polar surface area (TPSA) is 29.5 Å². The Hall–Kier alpha value is -0.860. The molecule has 2 heteroatoms. The largest absolute Gasteiger partial charge is 0.385 e. The zero-order valence-corrected chi connectivity index (χ0v) is 11.6. The maximum atomic E-state index is 10.5. The van der Waals surface area contributed by atoms with E-state index >= 15 is 0 Å². The van der Waals surface area contributed by atoms with Crippen molar-refractivity contribution in [2.75, 3.05) is 7.11 Å². The van der Waals surface area contributed by atoms with Crippen LogP contribution in [0.2, 0.25) is 0 Å². The normalized spacial score (nSPS) is 21.1. The summed E-state index contributed by atoms with van der Waals surface area (Å²) in [5.74, 6) is 0.701. The zero-order valence-electron chi connectivity index (χ0n) is 11.6. The third-order valence-corrected chi connectivity index (χ3v) is 4.55. The fourth-order valence-corrected chi connectivity index (χ4v) is 2.53. The van der Waals surface area contributed by atoms with Crippen LogP contribution in [0, 0.1) is 0 Å². The minimum absolute atomic E-state index is 0.502. The van der Waals surface area contributed by atoms with E-state index < -0.39 is 11.7 Å². The molecular formula is C16H24O2. The number of hydrogen-bond acceptors (Lipinski definition) is 2. The Kier molecular flexibility index (Phi) is 4.08. The Bertz CT molecular complexity index is 392. The van der Waals surface area contributed by atoms with Crippen LogP contribution in [0.25, 0.3) is 0 Å². The minimum Gasteiger partial charge on any atom is -0.385 e. The number of aliphatic hydroxyl groups excluding tert-OH is 1. The van der Waals surface area contributed by atoms with Crippen LogP contribution in [0.5, 0.6) is 0 Å². The summed E-state index contributed by atoms with van der Waals surface area (Å²) in [7, 11) is 1.67. The molecule has 2 unspecified atom stereocenters. The van der Waals surface area contributed by atoms with E-state index in [2.05, 4.69) is 18.2 Å². The van der Waals surface area contributed by atoms with Crippen LogP contribution in [-0.4, -0.2) is 17.8 Å². The van der Waals surface area contributed by atoms with Gasteiger partial charge in [-0.1, -0.05) is 37.6 Å². The van der Waals surface area contributed by atoms with E-state index in [0.29, 0.717) is 5.92 Å². The predicted octanol–water partition coefficient (Wildman–Crippen LogP) is 3.80. The van der Waals surface area contributed by atoms with Gasteiger partial charge in [0, 0.05) is 7.11 Å². The molecule has 18 heavy (non-hydrogen) atoms. The summed E-state index contributed by atoms with van der Waals surface area (Å²) in [4.78, 5) is 0. The monoisotopic (exact) mass is 248 g/mol. The maximum Gasteiger partial charge on any atom is 0.108 e. The first-order valence-corrected chi connectivity index (χ1v) is 6.94. The second-order valence-electron chi connectivity index (χ2n) is 5.57. The van der Waals surface area contributed by atoms with E-state index in [-0.39, 0.29) is 0 Å². The van der Waals surface area contributed by atoms with Gasteiger partial charge in [0.2, 0.25) is 0 Å². The lowest BCUT2D eigenvalue weighted by Crippen LogP contribution is -2.34. The van der Waals surface area contributed by atoms with Gasteiger partial charge >= 0.3 is 0 Å². The van der Waals surface area contributed by atoms with Gasteiger partial charge in [0.05, 0.1) is 5.60 Å². The Labute approximate surface area is 110 Å². The van der Waals surface area contributed by atoms with E-state index in [1.165, 1.54) is 24.8 Å². The number of aliphatic hydroxyl groups is 1. The smallest absolute Gasteiger partial charge is 0.108 e. The van der Waals surface area contributed by atoms with Gasteiger partial charge in [-0.25, -0.2) is 0 Å². The lowest BCUT2D eigenvalue weighted by molar-refractivity contribution is -0.0944. The Balaban J connectivity index is 2.21. The van der Waals surface area contributed by atoms with Crippen molar-refractivity contribution in [2.24, 2.45) is 0 Å². The second kappa shape index (κ2) is 5.41. The van der Waals surface area contributed by atoms with Crippen molar-refractivity contribution in [1.29, 1.82) is 0 Å². The molecule has 1 fully saturated rings. The van der Waals surface area contributed by atoms with Gasteiger partial charge in [-0.05, 0) is 43.2 Å². The molecule has 1 aromatic carbocycles. The van der Waals surface area contributed by atoms with Gasteiger partial charge in [-0.3, -0.25) is 0 Å². The number of ether oxygens (including phenoxy) is 1. The molecule has 1 N–H and O–H groups in total. The van der Waals surface area contributed by atoms with Crippen molar-refractivity contribution < 1.29 is 9.84 Å². The van der Waals surface area contributed by atoms with E-state index in [9.17, 15) is 5.11 Å². The molecule has 0 aliphatic heterocycles. The van der Waals surface area contributed by atoms with Crippen LogP contribution in [0.1, 0.15) is 62.7 Å². The SMILES string of the molecule is CCC(C)(OC)C(O)c1cccc(C2CCC2)c1. The standard InChI is InChI=1S/C16H24O2/c1-4-16(2,18-3)15(17)14-10-6-9-13(11-14)12-7-5-8-12/h6,9-12,15,17H,4-5,7-8H2,1-3H3. The van der Waals surface area contributed by atoms with Crippen molar-refractivity contribution in [2.45, 2.75) is 57.2 Å².